The molecule has 2 fully saturated rings. The lowest BCUT2D eigenvalue weighted by Gasteiger charge is -2.28. The van der Waals surface area contributed by atoms with Gasteiger partial charge in [-0.05, 0) is 37.0 Å². The fourth-order valence-corrected chi connectivity index (χ4v) is 6.81. The summed E-state index contributed by atoms with van der Waals surface area (Å²) in [6.45, 7) is 3.55. The molecule has 3 unspecified atom stereocenters. The van der Waals surface area contributed by atoms with Gasteiger partial charge in [-0.1, -0.05) is 13.8 Å². The van der Waals surface area contributed by atoms with Gasteiger partial charge in [0, 0.05) is 18.7 Å². The first-order chi connectivity index (χ1) is 18.5. The second-order valence-corrected chi connectivity index (χ2v) is 11.9. The summed E-state index contributed by atoms with van der Waals surface area (Å²) in [6.07, 6.45) is 1.74. The third-order valence-electron chi connectivity index (χ3n) is 6.87. The number of benzene rings is 1. The van der Waals surface area contributed by atoms with Crippen LogP contribution in [0.15, 0.2) is 47.6 Å². The Hall–Kier alpha value is -3.91. The van der Waals surface area contributed by atoms with Crippen LogP contribution in [0.1, 0.15) is 26.7 Å². The molecule has 3 aliphatic rings. The number of pyridine rings is 1. The largest absolute Gasteiger partial charge is 0.619 e. The Bertz CT molecular complexity index is 1410. The first kappa shape index (κ1) is 26.7. The van der Waals surface area contributed by atoms with E-state index in [0.29, 0.717) is 16.2 Å². The highest BCUT2D eigenvalue weighted by Gasteiger charge is 2.54. The summed E-state index contributed by atoms with van der Waals surface area (Å²) >= 11 is 0. The molecule has 0 spiro atoms. The minimum Gasteiger partial charge on any atom is -0.619 e. The van der Waals surface area contributed by atoms with E-state index >= 15 is 0 Å². The second-order valence-electron chi connectivity index (χ2n) is 9.98. The van der Waals surface area contributed by atoms with E-state index in [9.17, 15) is 28.0 Å². The summed E-state index contributed by atoms with van der Waals surface area (Å²) in [6, 6.07) is 4.47. The average Bonchev–Trinajstić information content (AvgIpc) is 3.59. The fraction of sp³-hybridized carbons (Fsp3) is 0.440. The SMILES string of the molecule is CC(C)CC(NC(=O)Oc1ccc2c(c1)OCO2)C(=O)N1CCC2C1C(=O)CN2S(=O)(=O)c1ccc[n+]([O-])c1. The van der Waals surface area contributed by atoms with Gasteiger partial charge in [0.25, 0.3) is 0 Å². The molecule has 5 rings (SSSR count). The number of hydrogen-bond donors (Lipinski definition) is 1. The van der Waals surface area contributed by atoms with Gasteiger partial charge >= 0.3 is 6.09 Å². The van der Waals surface area contributed by atoms with E-state index in [2.05, 4.69) is 5.32 Å². The zero-order valence-corrected chi connectivity index (χ0v) is 22.1. The van der Waals surface area contributed by atoms with Gasteiger partial charge in [-0.15, -0.1) is 0 Å². The first-order valence-electron chi connectivity index (χ1n) is 12.5. The van der Waals surface area contributed by atoms with Crippen molar-refractivity contribution < 1.29 is 41.7 Å². The maximum absolute atomic E-state index is 13.6. The van der Waals surface area contributed by atoms with Gasteiger partial charge in [0.05, 0.1) is 12.6 Å². The molecule has 14 heteroatoms. The van der Waals surface area contributed by atoms with Crippen LogP contribution in [0.25, 0.3) is 0 Å². The number of sulfonamides is 1. The molecule has 0 saturated carbocycles. The van der Waals surface area contributed by atoms with Crippen LogP contribution >= 0.6 is 0 Å². The van der Waals surface area contributed by atoms with Gasteiger partial charge in [0.2, 0.25) is 22.7 Å². The Balaban J connectivity index is 1.31. The zero-order valence-electron chi connectivity index (χ0n) is 21.3. The van der Waals surface area contributed by atoms with Crippen LogP contribution in [-0.2, 0) is 19.6 Å². The van der Waals surface area contributed by atoms with Crippen molar-refractivity contribution in [3.05, 3.63) is 47.9 Å². The third kappa shape index (κ3) is 5.21. The number of rotatable bonds is 7. The van der Waals surface area contributed by atoms with Crippen molar-refractivity contribution in [2.45, 2.75) is 49.7 Å². The van der Waals surface area contributed by atoms with E-state index in [1.54, 1.807) is 6.07 Å². The number of nitrogens with zero attached hydrogens (tertiary/aromatic N) is 3. The van der Waals surface area contributed by atoms with Crippen LogP contribution in [0, 0.1) is 11.1 Å². The van der Waals surface area contributed by atoms with Gasteiger partial charge in [-0.2, -0.15) is 9.04 Å². The highest BCUT2D eigenvalue weighted by atomic mass is 32.2. The number of ether oxygens (including phenoxy) is 3. The average molecular weight is 561 g/mol. The fourth-order valence-electron chi connectivity index (χ4n) is 5.18. The molecule has 39 heavy (non-hydrogen) atoms. The summed E-state index contributed by atoms with van der Waals surface area (Å²) in [5.74, 6) is 0.237. The Morgan fingerprint density at radius 1 is 1.23 bits per heavy atom. The van der Waals surface area contributed by atoms with Crippen molar-refractivity contribution in [2.24, 2.45) is 5.92 Å². The van der Waals surface area contributed by atoms with Crippen molar-refractivity contribution in [1.82, 2.24) is 14.5 Å². The molecule has 4 heterocycles. The first-order valence-corrected chi connectivity index (χ1v) is 13.9. The maximum Gasteiger partial charge on any atom is 0.413 e. The lowest BCUT2D eigenvalue weighted by molar-refractivity contribution is -0.607. The summed E-state index contributed by atoms with van der Waals surface area (Å²) in [7, 11) is -4.15. The molecule has 1 aromatic carbocycles. The second kappa shape index (κ2) is 10.3. The van der Waals surface area contributed by atoms with Crippen LogP contribution in [0.5, 0.6) is 17.2 Å². The van der Waals surface area contributed by atoms with E-state index < -0.39 is 52.5 Å². The lowest BCUT2D eigenvalue weighted by Crippen LogP contribution is -2.53. The van der Waals surface area contributed by atoms with Crippen molar-refractivity contribution in [1.29, 1.82) is 0 Å². The van der Waals surface area contributed by atoms with Gasteiger partial charge in [-0.3, -0.25) is 9.59 Å². The molecule has 3 aliphatic heterocycles. The molecule has 208 valence electrons. The van der Waals surface area contributed by atoms with Gasteiger partial charge in [0.15, 0.2) is 29.7 Å². The number of Topliss-reactive ketones (excluding diaryl/α,β-unsaturated/α-hetero) is 1. The smallest absolute Gasteiger partial charge is 0.413 e. The molecular weight excluding hydrogens is 532 g/mol. The molecule has 0 bridgehead atoms. The monoisotopic (exact) mass is 560 g/mol. The van der Waals surface area contributed by atoms with Crippen molar-refractivity contribution in [3.8, 4) is 17.2 Å². The van der Waals surface area contributed by atoms with Crippen LogP contribution in [0.2, 0.25) is 0 Å². The molecule has 2 amide bonds. The number of ketones is 1. The number of carbonyl (C=O) groups is 3. The van der Waals surface area contributed by atoms with Crippen molar-refractivity contribution >= 4 is 27.8 Å². The van der Waals surface area contributed by atoms with Crippen molar-refractivity contribution in [2.75, 3.05) is 19.9 Å². The number of hydrogen-bond acceptors (Lipinski definition) is 9. The van der Waals surface area contributed by atoms with Gasteiger partial charge in [-0.25, -0.2) is 13.2 Å². The molecule has 2 aromatic rings. The summed E-state index contributed by atoms with van der Waals surface area (Å²) in [4.78, 5) is 40.5. The number of aromatic nitrogens is 1. The Morgan fingerprint density at radius 3 is 2.74 bits per heavy atom. The normalized spacial score (nSPS) is 21.2. The van der Waals surface area contributed by atoms with Crippen LogP contribution in [-0.4, -0.2) is 73.4 Å². The van der Waals surface area contributed by atoms with E-state index in [0.717, 1.165) is 16.7 Å². The molecule has 0 aliphatic carbocycles. The summed E-state index contributed by atoms with van der Waals surface area (Å²) in [5, 5.41) is 14.3. The topological polar surface area (TPSA) is 158 Å². The predicted octanol–water partition coefficient (Wildman–Crippen LogP) is 0.795. The van der Waals surface area contributed by atoms with Crippen LogP contribution in [0.4, 0.5) is 4.79 Å². The Labute approximate surface area is 224 Å². The minimum absolute atomic E-state index is 0.0104. The van der Waals surface area contributed by atoms with E-state index in [1.807, 2.05) is 13.8 Å². The quantitative estimate of drug-likeness (QED) is 0.382. The van der Waals surface area contributed by atoms with E-state index in [-0.39, 0.29) is 42.7 Å². The zero-order chi connectivity index (χ0) is 27.9. The third-order valence-corrected chi connectivity index (χ3v) is 8.72. The summed E-state index contributed by atoms with van der Waals surface area (Å²) in [5.41, 5.74) is 0. The highest BCUT2D eigenvalue weighted by molar-refractivity contribution is 7.89. The Kier molecular flexibility index (Phi) is 7.07. The Morgan fingerprint density at radius 2 is 2.00 bits per heavy atom. The number of amides is 2. The van der Waals surface area contributed by atoms with Gasteiger partial charge in [0.1, 0.15) is 22.7 Å². The van der Waals surface area contributed by atoms with Crippen LogP contribution < -0.4 is 24.3 Å². The van der Waals surface area contributed by atoms with E-state index in [4.69, 9.17) is 14.2 Å². The van der Waals surface area contributed by atoms with E-state index in [1.165, 1.54) is 29.2 Å². The summed E-state index contributed by atoms with van der Waals surface area (Å²) < 4.78 is 43.8. The minimum atomic E-state index is -4.15. The molecule has 1 aromatic heterocycles. The number of nitrogens with one attached hydrogen (secondary N) is 1. The highest BCUT2D eigenvalue weighted by Crippen LogP contribution is 2.36. The van der Waals surface area contributed by atoms with Crippen molar-refractivity contribution in [3.63, 3.8) is 0 Å². The number of carbonyl (C=O) groups excluding carboxylic acids is 3. The molecule has 2 saturated heterocycles. The molecule has 1 N–H and O–H groups in total. The maximum atomic E-state index is 13.6. The molecule has 13 nitrogen and oxygen atoms in total. The predicted molar refractivity (Wildman–Crippen MR) is 133 cm³/mol. The molecule has 3 atom stereocenters. The number of likely N-dealkylation sites (tertiary alicyclic amines) is 1. The van der Waals surface area contributed by atoms with Gasteiger partial charge < -0.3 is 29.6 Å². The molecular formula is C25H28N4O9S. The number of fused-ring (bicyclic) bond motifs is 2. The molecule has 0 radical (unpaired) electrons. The lowest BCUT2D eigenvalue weighted by atomic mass is 10.0. The standard InChI is InChI=1S/C25H28N4O9S/c1-15(2)10-18(26-25(32)38-16-5-6-21-22(11-16)37-14-36-21)24(31)28-9-7-19-23(28)20(30)13-29(19)39(34,35)17-4-3-8-27(33)12-17/h3-6,8,11-12,15,18-19,23H,7,9-10,13-14H2,1-2H3,(H,26,32). The van der Waals surface area contributed by atoms with Crippen LogP contribution in [0.3, 0.4) is 0 Å².